The molecule has 108 valence electrons. The summed E-state index contributed by atoms with van der Waals surface area (Å²) in [6, 6.07) is 3.33. The second-order valence-electron chi connectivity index (χ2n) is 4.87. The fraction of sp³-hybridized carbons (Fsp3) is 0.200. The fourth-order valence-corrected chi connectivity index (χ4v) is 2.96. The van der Waals surface area contributed by atoms with Crippen molar-refractivity contribution in [2.45, 2.75) is 19.8 Å². The largest absolute Gasteiger partial charge is 0.298 e. The van der Waals surface area contributed by atoms with Gasteiger partial charge in [0.2, 0.25) is 0 Å². The summed E-state index contributed by atoms with van der Waals surface area (Å²) in [4.78, 5) is 11.0. The van der Waals surface area contributed by atoms with Gasteiger partial charge < -0.3 is 0 Å². The molecule has 6 heteroatoms. The molecule has 0 spiro atoms. The van der Waals surface area contributed by atoms with Crippen LogP contribution < -0.4 is 0 Å². The Kier molecular flexibility index (Phi) is 3.37. The van der Waals surface area contributed by atoms with Gasteiger partial charge in [0.1, 0.15) is 17.8 Å². The molecule has 1 aromatic heterocycles. The van der Waals surface area contributed by atoms with Crippen LogP contribution in [0.15, 0.2) is 23.8 Å². The van der Waals surface area contributed by atoms with Crippen molar-refractivity contribution in [2.24, 2.45) is 0 Å². The van der Waals surface area contributed by atoms with E-state index in [1.54, 1.807) is 6.92 Å². The molecule has 0 N–H and O–H groups in total. The van der Waals surface area contributed by atoms with Crippen LogP contribution in [0.2, 0.25) is 0 Å². The second kappa shape index (κ2) is 5.07. The summed E-state index contributed by atoms with van der Waals surface area (Å²) in [5.41, 5.74) is 2.69. The minimum Gasteiger partial charge on any atom is -0.298 e. The average Bonchev–Trinajstić information content (AvgIpc) is 2.77. The predicted molar refractivity (Wildman–Crippen MR) is 75.4 cm³/mol. The van der Waals surface area contributed by atoms with Gasteiger partial charge in [0.25, 0.3) is 0 Å². The van der Waals surface area contributed by atoms with E-state index in [1.165, 1.54) is 16.8 Å². The van der Waals surface area contributed by atoms with Gasteiger partial charge in [0.15, 0.2) is 5.82 Å². The highest BCUT2D eigenvalue weighted by Gasteiger charge is 2.26. The third-order valence-corrected chi connectivity index (χ3v) is 4.00. The molecule has 0 fully saturated rings. The maximum atomic E-state index is 14.0. The quantitative estimate of drug-likeness (QED) is 0.795. The lowest BCUT2D eigenvalue weighted by Gasteiger charge is -2.15. The number of halogens is 3. The number of allylic oxidation sites excluding steroid dienone is 1. The molecular formula is C15H11ClF2N2O. The smallest absolute Gasteiger partial charge is 0.151 e. The molecule has 1 aromatic carbocycles. The van der Waals surface area contributed by atoms with Crippen molar-refractivity contribution in [3.63, 3.8) is 0 Å². The monoisotopic (exact) mass is 308 g/mol. The Labute approximate surface area is 124 Å². The lowest BCUT2D eigenvalue weighted by atomic mass is 9.96. The van der Waals surface area contributed by atoms with E-state index in [0.29, 0.717) is 34.7 Å². The molecule has 0 saturated carbocycles. The molecule has 21 heavy (non-hydrogen) atoms. The van der Waals surface area contributed by atoms with Crippen molar-refractivity contribution in [2.75, 3.05) is 0 Å². The van der Waals surface area contributed by atoms with Crippen LogP contribution >= 0.6 is 11.6 Å². The minimum absolute atomic E-state index is 0.166. The van der Waals surface area contributed by atoms with Crippen molar-refractivity contribution in [1.29, 1.82) is 0 Å². The van der Waals surface area contributed by atoms with E-state index >= 15 is 0 Å². The molecule has 0 amide bonds. The summed E-state index contributed by atoms with van der Waals surface area (Å²) in [7, 11) is 0. The number of hydrogen-bond acceptors (Lipinski definition) is 2. The van der Waals surface area contributed by atoms with Crippen LogP contribution in [0.4, 0.5) is 8.78 Å². The molecular weight excluding hydrogens is 298 g/mol. The number of aldehydes is 1. The van der Waals surface area contributed by atoms with Crippen molar-refractivity contribution in [3.8, 4) is 5.69 Å². The molecule has 0 bridgehead atoms. The van der Waals surface area contributed by atoms with Crippen LogP contribution in [-0.2, 0) is 11.2 Å². The van der Waals surface area contributed by atoms with Crippen molar-refractivity contribution in [3.05, 3.63) is 52.4 Å². The number of hydrogen-bond donors (Lipinski definition) is 0. The van der Waals surface area contributed by atoms with Crippen LogP contribution in [-0.4, -0.2) is 16.1 Å². The summed E-state index contributed by atoms with van der Waals surface area (Å²) >= 11 is 6.23. The Bertz CT molecular complexity index is 780. The van der Waals surface area contributed by atoms with E-state index < -0.39 is 11.6 Å². The summed E-state index contributed by atoms with van der Waals surface area (Å²) in [5.74, 6) is -1.34. The first-order chi connectivity index (χ1) is 10.0. The van der Waals surface area contributed by atoms with Crippen LogP contribution in [0, 0.1) is 18.6 Å². The topological polar surface area (TPSA) is 34.9 Å². The molecule has 0 unspecified atom stereocenters. The summed E-state index contributed by atoms with van der Waals surface area (Å²) in [6.07, 6.45) is 1.74. The molecule has 1 aliphatic carbocycles. The number of fused-ring (bicyclic) bond motifs is 1. The number of benzene rings is 1. The standard InChI is InChI=1S/C15H11ClF2N2O/c1-8-14-13(4-2-9(7-21)15(14)16)20(19-8)12-5-3-10(17)6-11(12)18/h3,5-7H,2,4H2,1H3. The highest BCUT2D eigenvalue weighted by molar-refractivity contribution is 6.51. The van der Waals surface area contributed by atoms with Gasteiger partial charge in [-0.05, 0) is 31.9 Å². The SMILES string of the molecule is Cc1nn(-c2ccc(F)cc2F)c2c1C(Cl)=C(C=O)CC2. The minimum atomic E-state index is -0.693. The van der Waals surface area contributed by atoms with Crippen LogP contribution in [0.5, 0.6) is 0 Å². The zero-order chi connectivity index (χ0) is 15.1. The van der Waals surface area contributed by atoms with Crippen molar-refractivity contribution < 1.29 is 13.6 Å². The first kappa shape index (κ1) is 13.9. The fourth-order valence-electron chi connectivity index (χ4n) is 2.58. The van der Waals surface area contributed by atoms with Gasteiger partial charge >= 0.3 is 0 Å². The van der Waals surface area contributed by atoms with Gasteiger partial charge in [0.05, 0.1) is 16.4 Å². The van der Waals surface area contributed by atoms with E-state index in [9.17, 15) is 13.6 Å². The van der Waals surface area contributed by atoms with Gasteiger partial charge in [0, 0.05) is 17.2 Å². The van der Waals surface area contributed by atoms with Crippen molar-refractivity contribution >= 4 is 22.9 Å². The number of aryl methyl sites for hydroxylation is 1. The number of aromatic nitrogens is 2. The highest BCUT2D eigenvalue weighted by atomic mass is 35.5. The Morgan fingerprint density at radius 3 is 2.76 bits per heavy atom. The molecule has 0 aliphatic heterocycles. The Morgan fingerprint density at radius 1 is 1.33 bits per heavy atom. The summed E-state index contributed by atoms with van der Waals surface area (Å²) < 4.78 is 28.4. The van der Waals surface area contributed by atoms with Gasteiger partial charge in [-0.25, -0.2) is 13.5 Å². The lowest BCUT2D eigenvalue weighted by molar-refractivity contribution is -0.105. The van der Waals surface area contributed by atoms with Crippen LogP contribution in [0.25, 0.3) is 10.7 Å². The second-order valence-corrected chi connectivity index (χ2v) is 5.25. The Morgan fingerprint density at radius 2 is 2.10 bits per heavy atom. The third-order valence-electron chi connectivity index (χ3n) is 3.57. The predicted octanol–water partition coefficient (Wildman–Crippen LogP) is 3.55. The zero-order valence-corrected chi connectivity index (χ0v) is 11.9. The summed E-state index contributed by atoms with van der Waals surface area (Å²) in [5, 5.41) is 4.65. The number of nitrogens with zero attached hydrogens (tertiary/aromatic N) is 2. The van der Waals surface area contributed by atoms with E-state index in [1.807, 2.05) is 0 Å². The number of rotatable bonds is 2. The molecule has 3 rings (SSSR count). The Hall–Kier alpha value is -2.01. The van der Waals surface area contributed by atoms with Gasteiger partial charge in [-0.1, -0.05) is 11.6 Å². The molecule has 2 aromatic rings. The van der Waals surface area contributed by atoms with Crippen LogP contribution in [0.1, 0.15) is 23.4 Å². The van der Waals surface area contributed by atoms with Gasteiger partial charge in [-0.15, -0.1) is 0 Å². The highest BCUT2D eigenvalue weighted by Crippen LogP contribution is 2.36. The normalized spacial score (nSPS) is 14.3. The molecule has 1 heterocycles. The van der Waals surface area contributed by atoms with E-state index in [-0.39, 0.29) is 5.69 Å². The van der Waals surface area contributed by atoms with Gasteiger partial charge in [-0.3, -0.25) is 4.79 Å². The Balaban J connectivity index is 2.22. The first-order valence-electron chi connectivity index (χ1n) is 6.41. The summed E-state index contributed by atoms with van der Waals surface area (Å²) in [6.45, 7) is 1.74. The maximum absolute atomic E-state index is 14.0. The molecule has 0 saturated heterocycles. The molecule has 0 atom stereocenters. The lowest BCUT2D eigenvalue weighted by Crippen LogP contribution is -2.09. The van der Waals surface area contributed by atoms with Crippen molar-refractivity contribution in [1.82, 2.24) is 9.78 Å². The first-order valence-corrected chi connectivity index (χ1v) is 6.79. The number of carbonyl (C=O) groups is 1. The van der Waals surface area contributed by atoms with E-state index in [0.717, 1.165) is 18.0 Å². The van der Waals surface area contributed by atoms with E-state index in [2.05, 4.69) is 5.10 Å². The van der Waals surface area contributed by atoms with Gasteiger partial charge in [-0.2, -0.15) is 5.10 Å². The third kappa shape index (κ3) is 2.17. The number of carbonyl (C=O) groups excluding carboxylic acids is 1. The maximum Gasteiger partial charge on any atom is 0.151 e. The zero-order valence-electron chi connectivity index (χ0n) is 11.2. The van der Waals surface area contributed by atoms with E-state index in [4.69, 9.17) is 11.6 Å². The molecule has 3 nitrogen and oxygen atoms in total. The average molecular weight is 309 g/mol. The molecule has 0 radical (unpaired) electrons. The molecule has 1 aliphatic rings. The van der Waals surface area contributed by atoms with Crippen LogP contribution in [0.3, 0.4) is 0 Å².